The van der Waals surface area contributed by atoms with Gasteiger partial charge in [-0.05, 0) is 192 Å². The minimum Gasteiger partial charge on any atom is -0.396 e. The standard InChI is InChI=1S/C22H38O3.C21H33NO2/c1-20-9-6-16(24)12-14(20)4-5-17-18(20)7-10-21(2)19(17)13-15(8-11-23)22(21,3)25;1-19-8-5-15(23)13-14(19)3-4-16-17(19)6-9-20(2)18(16)7-10-21(20,24)11-12-22/h14-19,23-25H,4-13H2,1-3H3;14-18,23-24H,3-11,13H2,1-2H3/t14-,15-,16-,17-,18+,19+,20+,21+,22-;14-,15-,16-,17+,18+,19+,20+,21+/m11/s1. The van der Waals surface area contributed by atoms with Gasteiger partial charge in [0.15, 0.2) is 0 Å². The maximum Gasteiger partial charge on any atom is 0.0833 e. The van der Waals surface area contributed by atoms with Gasteiger partial charge in [-0.3, -0.25) is 0 Å². The first-order chi connectivity index (χ1) is 23.1. The molecule has 49 heavy (non-hydrogen) atoms. The van der Waals surface area contributed by atoms with E-state index in [1.54, 1.807) is 0 Å². The Labute approximate surface area is 297 Å². The summed E-state index contributed by atoms with van der Waals surface area (Å²) in [5.41, 5.74) is -0.694. The second kappa shape index (κ2) is 12.7. The number of aliphatic hydroxyl groups is 5. The normalized spacial score (nSPS) is 57.5. The largest absolute Gasteiger partial charge is 0.396 e. The van der Waals surface area contributed by atoms with E-state index in [1.807, 2.05) is 0 Å². The Morgan fingerprint density at radius 2 is 1.10 bits per heavy atom. The summed E-state index contributed by atoms with van der Waals surface area (Å²) in [5.74, 6) is 5.76. The fourth-order valence-electron chi connectivity index (χ4n) is 15.9. The summed E-state index contributed by atoms with van der Waals surface area (Å²) < 4.78 is 0. The molecule has 17 atom stereocenters. The van der Waals surface area contributed by atoms with Crippen LogP contribution in [0.5, 0.6) is 0 Å². The van der Waals surface area contributed by atoms with Crippen molar-refractivity contribution >= 4 is 0 Å². The van der Waals surface area contributed by atoms with Gasteiger partial charge < -0.3 is 25.5 Å². The first-order valence-electron chi connectivity index (χ1n) is 20.9. The molecule has 0 heterocycles. The Bertz CT molecular complexity index is 1260. The molecule has 8 aliphatic rings. The molecule has 5 N–H and O–H groups in total. The summed E-state index contributed by atoms with van der Waals surface area (Å²) in [4.78, 5) is 0. The van der Waals surface area contributed by atoms with Gasteiger partial charge in [-0.15, -0.1) is 0 Å². The third-order valence-electron chi connectivity index (χ3n) is 19.3. The molecule has 6 nitrogen and oxygen atoms in total. The highest BCUT2D eigenvalue weighted by atomic mass is 16.3. The molecule has 0 aliphatic heterocycles. The Morgan fingerprint density at radius 3 is 1.63 bits per heavy atom. The van der Waals surface area contributed by atoms with Crippen LogP contribution in [0.2, 0.25) is 0 Å². The summed E-state index contributed by atoms with van der Waals surface area (Å²) in [6, 6.07) is 2.26. The van der Waals surface area contributed by atoms with E-state index in [1.165, 1.54) is 51.4 Å². The summed E-state index contributed by atoms with van der Waals surface area (Å²) in [7, 11) is 0. The lowest BCUT2D eigenvalue weighted by molar-refractivity contribution is -0.159. The van der Waals surface area contributed by atoms with Crippen LogP contribution < -0.4 is 0 Å². The molecule has 8 rings (SSSR count). The van der Waals surface area contributed by atoms with Crippen molar-refractivity contribution in [2.45, 2.75) is 180 Å². The van der Waals surface area contributed by atoms with Gasteiger partial charge in [0.05, 0.1) is 35.9 Å². The van der Waals surface area contributed by atoms with Gasteiger partial charge in [0.2, 0.25) is 0 Å². The SMILES string of the molecule is C[C@]12CC[C@@H](O)C[C@H]1CC[C@@H]1[C@@H]2CC[C@@]2(C)[C@H]1CC[C@]2(O)CC#N.C[C@]12CC[C@@H](O)C[C@H]1CC[C@@H]1[C@@H]2CC[C@@]2(C)[C@H]1C[C@@H](CCO)[C@@]2(C)O. The molecule has 8 aliphatic carbocycles. The Hall–Kier alpha value is -0.710. The summed E-state index contributed by atoms with van der Waals surface area (Å²) in [6.45, 7) is 11.9. The average Bonchev–Trinajstić information content (AvgIpc) is 3.43. The van der Waals surface area contributed by atoms with E-state index in [2.05, 4.69) is 40.7 Å². The molecule has 0 aromatic rings. The number of nitriles is 1. The van der Waals surface area contributed by atoms with Gasteiger partial charge in [0, 0.05) is 12.0 Å². The zero-order valence-corrected chi connectivity index (χ0v) is 31.7. The van der Waals surface area contributed by atoms with Gasteiger partial charge in [-0.25, -0.2) is 0 Å². The van der Waals surface area contributed by atoms with Gasteiger partial charge >= 0.3 is 0 Å². The molecule has 0 spiro atoms. The number of hydrogen-bond acceptors (Lipinski definition) is 6. The number of aliphatic hydroxyl groups excluding tert-OH is 3. The lowest BCUT2D eigenvalue weighted by Gasteiger charge is -2.61. The van der Waals surface area contributed by atoms with Crippen LogP contribution in [-0.4, -0.2) is 55.5 Å². The minimum absolute atomic E-state index is 0.00534. The zero-order valence-electron chi connectivity index (χ0n) is 31.7. The van der Waals surface area contributed by atoms with E-state index in [9.17, 15) is 30.8 Å². The van der Waals surface area contributed by atoms with Crippen LogP contribution in [0.1, 0.15) is 157 Å². The van der Waals surface area contributed by atoms with Crippen LogP contribution in [0, 0.1) is 86.3 Å². The number of nitrogens with zero attached hydrogens (tertiary/aromatic N) is 1. The number of hydrogen-bond donors (Lipinski definition) is 5. The quantitative estimate of drug-likeness (QED) is 0.207. The molecule has 6 heteroatoms. The highest BCUT2D eigenvalue weighted by Gasteiger charge is 2.67. The number of rotatable bonds is 3. The van der Waals surface area contributed by atoms with E-state index in [0.717, 1.165) is 82.0 Å². The molecule has 0 bridgehead atoms. The van der Waals surface area contributed by atoms with Crippen molar-refractivity contribution in [3.05, 3.63) is 0 Å². The fourth-order valence-corrected chi connectivity index (χ4v) is 15.9. The van der Waals surface area contributed by atoms with Crippen LogP contribution in [0.15, 0.2) is 0 Å². The van der Waals surface area contributed by atoms with Crippen LogP contribution in [0.4, 0.5) is 0 Å². The zero-order chi connectivity index (χ0) is 35.2. The maximum absolute atomic E-state index is 11.4. The highest BCUT2D eigenvalue weighted by Crippen LogP contribution is 2.71. The second-order valence-electron chi connectivity index (χ2n) is 20.6. The second-order valence-corrected chi connectivity index (χ2v) is 20.6. The van der Waals surface area contributed by atoms with Crippen molar-refractivity contribution in [2.75, 3.05) is 6.61 Å². The third-order valence-corrected chi connectivity index (χ3v) is 19.3. The van der Waals surface area contributed by atoms with E-state index in [-0.39, 0.29) is 35.6 Å². The van der Waals surface area contributed by atoms with Crippen molar-refractivity contribution in [1.82, 2.24) is 0 Å². The smallest absolute Gasteiger partial charge is 0.0833 e. The van der Waals surface area contributed by atoms with Gasteiger partial charge in [0.1, 0.15) is 0 Å². The fraction of sp³-hybridized carbons (Fsp3) is 0.977. The van der Waals surface area contributed by atoms with Crippen LogP contribution >= 0.6 is 0 Å². The topological polar surface area (TPSA) is 125 Å². The highest BCUT2D eigenvalue weighted by molar-refractivity contribution is 5.17. The summed E-state index contributed by atoms with van der Waals surface area (Å²) >= 11 is 0. The maximum atomic E-state index is 11.4. The summed E-state index contributed by atoms with van der Waals surface area (Å²) in [5, 5.41) is 61.6. The molecular weight excluding hydrogens is 610 g/mol. The molecule has 0 aromatic carbocycles. The van der Waals surface area contributed by atoms with Crippen molar-refractivity contribution in [3.63, 3.8) is 0 Å². The molecule has 8 fully saturated rings. The van der Waals surface area contributed by atoms with E-state index in [0.29, 0.717) is 46.8 Å². The summed E-state index contributed by atoms with van der Waals surface area (Å²) in [6.07, 6.45) is 19.9. The van der Waals surface area contributed by atoms with Gasteiger partial charge in [0.25, 0.3) is 0 Å². The predicted octanol–water partition coefficient (Wildman–Crippen LogP) is 7.78. The Balaban J connectivity index is 0.000000154. The molecule has 278 valence electrons. The number of fused-ring (bicyclic) bond motifs is 10. The molecule has 0 amide bonds. The van der Waals surface area contributed by atoms with E-state index >= 15 is 0 Å². The Kier molecular flexibility index (Phi) is 9.50. The molecular formula is C43H71NO5. The lowest BCUT2D eigenvalue weighted by atomic mass is 9.44. The minimum atomic E-state index is -0.766. The third kappa shape index (κ3) is 5.38. The predicted molar refractivity (Wildman–Crippen MR) is 192 cm³/mol. The molecule has 0 unspecified atom stereocenters. The lowest BCUT2D eigenvalue weighted by Crippen LogP contribution is -2.56. The van der Waals surface area contributed by atoms with Crippen molar-refractivity contribution in [2.24, 2.45) is 74.9 Å². The van der Waals surface area contributed by atoms with Crippen LogP contribution in [0.25, 0.3) is 0 Å². The Morgan fingerprint density at radius 1 is 0.592 bits per heavy atom. The molecule has 0 saturated heterocycles. The average molecular weight is 682 g/mol. The van der Waals surface area contributed by atoms with E-state index in [4.69, 9.17) is 0 Å². The first-order valence-corrected chi connectivity index (χ1v) is 20.9. The van der Waals surface area contributed by atoms with Crippen LogP contribution in [-0.2, 0) is 0 Å². The molecule has 0 radical (unpaired) electrons. The van der Waals surface area contributed by atoms with E-state index < -0.39 is 11.2 Å². The first kappa shape index (κ1) is 36.6. The van der Waals surface area contributed by atoms with Crippen molar-refractivity contribution in [3.8, 4) is 6.07 Å². The monoisotopic (exact) mass is 682 g/mol. The van der Waals surface area contributed by atoms with Gasteiger partial charge in [-0.2, -0.15) is 5.26 Å². The van der Waals surface area contributed by atoms with Gasteiger partial charge in [-0.1, -0.05) is 27.7 Å². The molecule has 0 aromatic heterocycles. The van der Waals surface area contributed by atoms with Crippen molar-refractivity contribution in [1.29, 1.82) is 5.26 Å². The van der Waals surface area contributed by atoms with Crippen LogP contribution in [0.3, 0.4) is 0 Å². The molecule has 8 saturated carbocycles. The van der Waals surface area contributed by atoms with Crippen molar-refractivity contribution < 1.29 is 25.5 Å².